The van der Waals surface area contributed by atoms with E-state index >= 15 is 0 Å². The summed E-state index contributed by atoms with van der Waals surface area (Å²) in [6, 6.07) is -1.04. The summed E-state index contributed by atoms with van der Waals surface area (Å²) in [6.45, 7) is 5.66. The molecule has 0 aromatic rings. The second-order valence-electron chi connectivity index (χ2n) is 24.9. The molecular weight excluding hydrogens is 1120 g/mol. The molecule has 1 aliphatic rings. The Bertz CT molecular complexity index is 1930. The number of nitrogens with one attached hydrogen (secondary N) is 1. The highest BCUT2D eigenvalue weighted by Gasteiger charge is 2.47. The second-order valence-corrected chi connectivity index (χ2v) is 24.9. The van der Waals surface area contributed by atoms with E-state index in [1.807, 2.05) is 6.08 Å². The molecule has 1 fully saturated rings. The zero-order chi connectivity index (χ0) is 65.3. The van der Waals surface area contributed by atoms with Crippen LogP contribution >= 0.6 is 0 Å². The molecule has 8 unspecified atom stereocenters. The van der Waals surface area contributed by atoms with Gasteiger partial charge in [0.1, 0.15) is 24.4 Å². The number of aliphatic hydroxyl groups excluding tert-OH is 5. The van der Waals surface area contributed by atoms with Crippen LogP contribution in [0.15, 0.2) is 122 Å². The van der Waals surface area contributed by atoms with Crippen LogP contribution in [0, 0.1) is 0 Å². The van der Waals surface area contributed by atoms with Crippen molar-refractivity contribution in [3.63, 3.8) is 0 Å². The monoisotopic (exact) mass is 1260 g/mol. The number of hydrogen-bond acceptors (Lipinski definition) is 10. The van der Waals surface area contributed by atoms with Crippen LogP contribution in [0.2, 0.25) is 0 Å². The van der Waals surface area contributed by atoms with Crippen LogP contribution in [-0.4, -0.2) is 99.6 Å². The molecule has 1 amide bonds. The van der Waals surface area contributed by atoms with Gasteiger partial charge in [0.05, 0.1) is 25.4 Å². The maximum absolute atomic E-state index is 13.5. The van der Waals surface area contributed by atoms with Gasteiger partial charge < -0.3 is 45.1 Å². The first-order chi connectivity index (χ1) is 44.2. The van der Waals surface area contributed by atoms with Crippen LogP contribution in [0.1, 0.15) is 303 Å². The van der Waals surface area contributed by atoms with Gasteiger partial charge in [0.25, 0.3) is 0 Å². The number of rotatable bonds is 62. The molecule has 0 aromatic carbocycles. The topological polar surface area (TPSA) is 175 Å². The highest BCUT2D eigenvalue weighted by atomic mass is 16.7. The average Bonchev–Trinajstić information content (AvgIpc) is 1.18. The van der Waals surface area contributed by atoms with Crippen molar-refractivity contribution in [2.45, 2.75) is 352 Å². The van der Waals surface area contributed by atoms with Crippen LogP contribution in [0.4, 0.5) is 0 Å². The minimum absolute atomic E-state index is 0.109. The zero-order valence-corrected chi connectivity index (χ0v) is 57.5. The summed E-state index contributed by atoms with van der Waals surface area (Å²) >= 11 is 0. The van der Waals surface area contributed by atoms with Gasteiger partial charge in [0.2, 0.25) is 5.91 Å². The fourth-order valence-corrected chi connectivity index (χ4v) is 10.8. The number of aliphatic hydroxyl groups is 5. The molecule has 516 valence electrons. The Morgan fingerprint density at radius 2 is 0.800 bits per heavy atom. The number of unbranched alkanes of at least 4 members (excludes halogenated alkanes) is 30. The third-order valence-corrected chi connectivity index (χ3v) is 16.6. The standard InChI is InChI=1S/C79H135NO10/c1-4-7-10-13-16-19-22-25-27-29-31-33-35-37-39-41-43-45-47-49-52-55-58-61-64-67-74(84)90-77-76(86)75(85)73(68-81)89-79(77)88-69-70(71(82)65-62-59-56-53-50-24-21-18-15-12-9-6-3)80-78(87)72(83)66-63-60-57-54-51-48-46-44-42-40-38-36-34-32-30-28-26-23-20-17-14-11-8-5-2/h7,10,16-17,19-20,25-28,31-34,37-40,62,65,70-73,75-77,79,81-83,85-86H,4-6,8-9,11-15,18,21-24,29-30,35-36,41-61,63-64,66-69H2,1-3H3,(H,80,87)/b10-7-,19-16-,20-17-,27-25-,28-26-,33-31-,34-32-,39-37-,40-38-,65-62+. The van der Waals surface area contributed by atoms with Crippen LogP contribution in [0.5, 0.6) is 0 Å². The molecule has 0 spiro atoms. The van der Waals surface area contributed by atoms with Gasteiger partial charge in [-0.15, -0.1) is 0 Å². The number of esters is 1. The fraction of sp³-hybridized carbons (Fsp3) is 0.722. The first kappa shape index (κ1) is 84.1. The number of carbonyl (C=O) groups is 2. The lowest BCUT2D eigenvalue weighted by Crippen LogP contribution is -2.61. The fourth-order valence-electron chi connectivity index (χ4n) is 10.8. The van der Waals surface area contributed by atoms with Gasteiger partial charge >= 0.3 is 5.97 Å². The summed E-state index contributed by atoms with van der Waals surface area (Å²) in [5.74, 6) is -1.21. The van der Waals surface area contributed by atoms with E-state index in [1.54, 1.807) is 6.08 Å². The van der Waals surface area contributed by atoms with Gasteiger partial charge in [-0.25, -0.2) is 0 Å². The van der Waals surface area contributed by atoms with Crippen molar-refractivity contribution >= 4 is 11.9 Å². The molecule has 0 radical (unpaired) electrons. The Kier molecular flexibility index (Phi) is 60.8. The Morgan fingerprint density at radius 1 is 0.444 bits per heavy atom. The third kappa shape index (κ3) is 51.6. The van der Waals surface area contributed by atoms with Crippen molar-refractivity contribution in [3.8, 4) is 0 Å². The van der Waals surface area contributed by atoms with E-state index < -0.39 is 67.4 Å². The lowest BCUT2D eigenvalue weighted by atomic mass is 9.99. The first-order valence-corrected chi connectivity index (χ1v) is 36.8. The molecule has 90 heavy (non-hydrogen) atoms. The van der Waals surface area contributed by atoms with Crippen molar-refractivity contribution in [2.75, 3.05) is 13.2 Å². The number of allylic oxidation sites excluding steroid dienone is 19. The molecule has 0 bridgehead atoms. The van der Waals surface area contributed by atoms with Crippen molar-refractivity contribution in [1.29, 1.82) is 0 Å². The molecule has 6 N–H and O–H groups in total. The highest BCUT2D eigenvalue weighted by Crippen LogP contribution is 2.26. The van der Waals surface area contributed by atoms with Gasteiger partial charge in [-0.1, -0.05) is 303 Å². The molecule has 0 saturated carbocycles. The van der Waals surface area contributed by atoms with Gasteiger partial charge in [0, 0.05) is 6.42 Å². The molecule has 0 aromatic heterocycles. The van der Waals surface area contributed by atoms with E-state index in [2.05, 4.69) is 135 Å². The summed E-state index contributed by atoms with van der Waals surface area (Å²) in [7, 11) is 0. The van der Waals surface area contributed by atoms with Crippen molar-refractivity contribution in [3.05, 3.63) is 122 Å². The molecule has 0 aliphatic carbocycles. The summed E-state index contributed by atoms with van der Waals surface area (Å²) in [4.78, 5) is 26.7. The number of amides is 1. The van der Waals surface area contributed by atoms with E-state index in [1.165, 1.54) is 128 Å². The largest absolute Gasteiger partial charge is 0.454 e. The molecule has 1 rings (SSSR count). The maximum Gasteiger partial charge on any atom is 0.306 e. The van der Waals surface area contributed by atoms with Crippen molar-refractivity contribution in [1.82, 2.24) is 5.32 Å². The average molecular weight is 1260 g/mol. The van der Waals surface area contributed by atoms with Gasteiger partial charge in [-0.3, -0.25) is 9.59 Å². The Labute approximate surface area is 550 Å². The van der Waals surface area contributed by atoms with Crippen LogP contribution < -0.4 is 5.32 Å². The molecule has 8 atom stereocenters. The molecule has 1 saturated heterocycles. The van der Waals surface area contributed by atoms with Crippen molar-refractivity contribution < 1.29 is 49.3 Å². The predicted molar refractivity (Wildman–Crippen MR) is 379 cm³/mol. The summed E-state index contributed by atoms with van der Waals surface area (Å²) in [5.41, 5.74) is 0. The van der Waals surface area contributed by atoms with E-state index in [0.29, 0.717) is 12.8 Å². The molecule has 11 heteroatoms. The molecule has 11 nitrogen and oxygen atoms in total. The number of ether oxygens (including phenoxy) is 3. The normalized spacial score (nSPS) is 18.8. The summed E-state index contributed by atoms with van der Waals surface area (Å²) in [5, 5.41) is 57.3. The van der Waals surface area contributed by atoms with E-state index in [0.717, 1.165) is 128 Å². The predicted octanol–water partition coefficient (Wildman–Crippen LogP) is 19.3. The molecule has 1 heterocycles. The van der Waals surface area contributed by atoms with Crippen LogP contribution in [0.25, 0.3) is 0 Å². The van der Waals surface area contributed by atoms with E-state index in [4.69, 9.17) is 14.2 Å². The quantitative estimate of drug-likeness (QED) is 0.0195. The second kappa shape index (κ2) is 65.1. The van der Waals surface area contributed by atoms with Gasteiger partial charge in [-0.05, 0) is 116 Å². The Hall–Kier alpha value is -3.94. The van der Waals surface area contributed by atoms with E-state index in [-0.39, 0.29) is 19.4 Å². The highest BCUT2D eigenvalue weighted by molar-refractivity contribution is 5.80. The smallest absolute Gasteiger partial charge is 0.306 e. The molecular formula is C79H135NO10. The minimum Gasteiger partial charge on any atom is -0.454 e. The van der Waals surface area contributed by atoms with Crippen molar-refractivity contribution in [2.24, 2.45) is 0 Å². The lowest BCUT2D eigenvalue weighted by Gasteiger charge is -2.41. The first-order valence-electron chi connectivity index (χ1n) is 36.8. The van der Waals surface area contributed by atoms with Crippen LogP contribution in [-0.2, 0) is 23.8 Å². The minimum atomic E-state index is -1.63. The van der Waals surface area contributed by atoms with Gasteiger partial charge in [-0.2, -0.15) is 0 Å². The number of hydrogen-bond donors (Lipinski definition) is 6. The maximum atomic E-state index is 13.5. The molecule has 1 aliphatic heterocycles. The zero-order valence-electron chi connectivity index (χ0n) is 57.5. The third-order valence-electron chi connectivity index (χ3n) is 16.6. The van der Waals surface area contributed by atoms with E-state index in [9.17, 15) is 35.1 Å². The SMILES string of the molecule is CC/C=C\C/C=C\C/C=C\C/C=C\C/C=C\CCCCCCCCCCCC(=O)OC1C(OCC(NC(=O)C(O)CCCCCCCCCC/C=C\C/C=C\C/C=C\C/C=C\CCCCC)C(O)/C=C/CCCCCCCCCCCC)OC(CO)C(O)C1O. The van der Waals surface area contributed by atoms with Gasteiger partial charge in [0.15, 0.2) is 12.4 Å². The van der Waals surface area contributed by atoms with Crippen LogP contribution in [0.3, 0.4) is 0 Å². The summed E-state index contributed by atoms with van der Waals surface area (Å²) in [6.07, 6.45) is 80.8. The Balaban J connectivity index is 2.57. The Morgan fingerprint density at radius 3 is 1.22 bits per heavy atom. The lowest BCUT2D eigenvalue weighted by molar-refractivity contribution is -0.305. The number of carbonyl (C=O) groups excluding carboxylic acids is 2. The summed E-state index contributed by atoms with van der Waals surface area (Å²) < 4.78 is 17.7.